The van der Waals surface area contributed by atoms with Crippen LogP contribution in [0.1, 0.15) is 0 Å². The van der Waals surface area contributed by atoms with Gasteiger partial charge in [-0.2, -0.15) is 0 Å². The SMILES string of the molecule is Oc1c(-c2ccc(-c3ccccc3)cc2)cc(-c2ccccc2)nc1-c1ccc(-c2ccccc2)cc1. The van der Waals surface area contributed by atoms with Crippen molar-refractivity contribution in [1.29, 1.82) is 0 Å². The molecule has 0 spiro atoms. The third-order valence-corrected chi connectivity index (χ3v) is 6.63. The number of pyridine rings is 1. The molecule has 0 fully saturated rings. The van der Waals surface area contributed by atoms with Crippen LogP contribution in [0.5, 0.6) is 5.75 Å². The first kappa shape index (κ1) is 22.5. The van der Waals surface area contributed by atoms with Gasteiger partial charge in [0.05, 0.1) is 5.69 Å². The lowest BCUT2D eigenvalue weighted by Crippen LogP contribution is -1.93. The molecule has 5 aromatic carbocycles. The molecule has 2 nitrogen and oxygen atoms in total. The molecular weight excluding hydrogens is 450 g/mol. The molecule has 0 saturated carbocycles. The predicted molar refractivity (Wildman–Crippen MR) is 153 cm³/mol. The molecule has 1 N–H and O–H groups in total. The van der Waals surface area contributed by atoms with E-state index < -0.39 is 0 Å². The Labute approximate surface area is 217 Å². The Hall–Kier alpha value is -4.95. The van der Waals surface area contributed by atoms with Crippen molar-refractivity contribution < 1.29 is 5.11 Å². The molecular formula is C35H25NO. The third-order valence-electron chi connectivity index (χ3n) is 6.63. The van der Waals surface area contributed by atoms with Crippen LogP contribution in [-0.4, -0.2) is 10.1 Å². The number of hydrogen-bond acceptors (Lipinski definition) is 2. The zero-order chi connectivity index (χ0) is 25.0. The lowest BCUT2D eigenvalue weighted by atomic mass is 9.96. The van der Waals surface area contributed by atoms with Crippen LogP contribution in [0.4, 0.5) is 0 Å². The maximum atomic E-state index is 11.5. The summed E-state index contributed by atoms with van der Waals surface area (Å²) in [6, 6.07) is 49.2. The van der Waals surface area contributed by atoms with Crippen molar-refractivity contribution in [2.24, 2.45) is 0 Å². The molecule has 0 radical (unpaired) electrons. The number of rotatable bonds is 5. The second-order valence-electron chi connectivity index (χ2n) is 9.01. The maximum absolute atomic E-state index is 11.5. The highest BCUT2D eigenvalue weighted by molar-refractivity contribution is 5.85. The van der Waals surface area contributed by atoms with Gasteiger partial charge in [0.2, 0.25) is 0 Å². The fourth-order valence-electron chi connectivity index (χ4n) is 4.64. The van der Waals surface area contributed by atoms with Crippen molar-refractivity contribution in [3.63, 3.8) is 0 Å². The van der Waals surface area contributed by atoms with E-state index >= 15 is 0 Å². The average Bonchev–Trinajstić information content (AvgIpc) is 2.99. The van der Waals surface area contributed by atoms with E-state index in [9.17, 15) is 5.11 Å². The highest BCUT2D eigenvalue weighted by Gasteiger charge is 2.16. The molecule has 0 bridgehead atoms. The van der Waals surface area contributed by atoms with Crippen molar-refractivity contribution in [2.75, 3.05) is 0 Å². The normalized spacial score (nSPS) is 10.8. The molecule has 0 aliphatic heterocycles. The lowest BCUT2D eigenvalue weighted by Gasteiger charge is -2.14. The number of benzene rings is 5. The van der Waals surface area contributed by atoms with Gasteiger partial charge in [0.25, 0.3) is 0 Å². The number of aromatic hydroxyl groups is 1. The van der Waals surface area contributed by atoms with Gasteiger partial charge >= 0.3 is 0 Å². The largest absolute Gasteiger partial charge is 0.505 e. The molecule has 0 unspecified atom stereocenters. The number of aromatic nitrogens is 1. The van der Waals surface area contributed by atoms with Crippen molar-refractivity contribution >= 4 is 0 Å². The minimum absolute atomic E-state index is 0.180. The molecule has 1 aromatic heterocycles. The Bertz CT molecular complexity index is 1520. The highest BCUT2D eigenvalue weighted by atomic mass is 16.3. The maximum Gasteiger partial charge on any atom is 0.149 e. The summed E-state index contributed by atoms with van der Waals surface area (Å²) in [7, 11) is 0. The third kappa shape index (κ3) is 4.65. The van der Waals surface area contributed by atoms with E-state index in [-0.39, 0.29) is 5.75 Å². The van der Waals surface area contributed by atoms with Crippen LogP contribution in [0.15, 0.2) is 146 Å². The fourth-order valence-corrected chi connectivity index (χ4v) is 4.64. The molecule has 0 aliphatic carbocycles. The molecule has 2 heteroatoms. The summed E-state index contributed by atoms with van der Waals surface area (Å²) in [5.74, 6) is 0.180. The summed E-state index contributed by atoms with van der Waals surface area (Å²) in [5, 5.41) is 11.5. The van der Waals surface area contributed by atoms with Gasteiger partial charge in [0, 0.05) is 16.7 Å². The van der Waals surface area contributed by atoms with Crippen LogP contribution < -0.4 is 0 Å². The van der Waals surface area contributed by atoms with Crippen LogP contribution >= 0.6 is 0 Å². The first-order valence-electron chi connectivity index (χ1n) is 12.4. The molecule has 6 rings (SSSR count). The molecule has 0 aliphatic rings. The van der Waals surface area contributed by atoms with E-state index in [4.69, 9.17) is 4.98 Å². The summed E-state index contributed by atoms with van der Waals surface area (Å²) in [5.41, 5.74) is 9.56. The number of nitrogens with zero attached hydrogens (tertiary/aromatic N) is 1. The molecule has 0 amide bonds. The van der Waals surface area contributed by atoms with Crippen molar-refractivity contribution in [3.8, 4) is 61.6 Å². The lowest BCUT2D eigenvalue weighted by molar-refractivity contribution is 0.477. The van der Waals surface area contributed by atoms with Gasteiger partial charge < -0.3 is 5.11 Å². The molecule has 1 heterocycles. The van der Waals surface area contributed by atoms with E-state index in [1.54, 1.807) is 0 Å². The molecule has 0 atom stereocenters. The molecule has 37 heavy (non-hydrogen) atoms. The second kappa shape index (κ2) is 9.96. The van der Waals surface area contributed by atoms with Crippen LogP contribution in [0, 0.1) is 0 Å². The molecule has 176 valence electrons. The number of hydrogen-bond donors (Lipinski definition) is 1. The van der Waals surface area contributed by atoms with Gasteiger partial charge in [0.15, 0.2) is 0 Å². The van der Waals surface area contributed by atoms with Gasteiger partial charge in [-0.3, -0.25) is 0 Å². The summed E-state index contributed by atoms with van der Waals surface area (Å²) < 4.78 is 0. The second-order valence-corrected chi connectivity index (χ2v) is 9.01. The van der Waals surface area contributed by atoms with Crippen LogP contribution in [0.25, 0.3) is 55.9 Å². The summed E-state index contributed by atoms with van der Waals surface area (Å²) in [4.78, 5) is 4.92. The van der Waals surface area contributed by atoms with Crippen molar-refractivity contribution in [1.82, 2.24) is 4.98 Å². The van der Waals surface area contributed by atoms with E-state index in [1.807, 2.05) is 84.9 Å². The predicted octanol–water partition coefficient (Wildman–Crippen LogP) is 9.12. The van der Waals surface area contributed by atoms with E-state index in [0.29, 0.717) is 5.69 Å². The zero-order valence-corrected chi connectivity index (χ0v) is 20.3. The monoisotopic (exact) mass is 475 g/mol. The van der Waals surface area contributed by atoms with Crippen LogP contribution in [0.2, 0.25) is 0 Å². The topological polar surface area (TPSA) is 33.1 Å². The van der Waals surface area contributed by atoms with Crippen molar-refractivity contribution in [2.45, 2.75) is 0 Å². The molecule has 0 saturated heterocycles. The minimum Gasteiger partial charge on any atom is -0.505 e. The Balaban J connectivity index is 1.45. The van der Waals surface area contributed by atoms with Gasteiger partial charge in [-0.1, -0.05) is 140 Å². The Morgan fingerprint density at radius 3 is 1.24 bits per heavy atom. The van der Waals surface area contributed by atoms with E-state index in [0.717, 1.165) is 50.2 Å². The molecule has 6 aromatic rings. The first-order chi connectivity index (χ1) is 18.3. The standard InChI is InChI=1S/C35H25NO/c37-35-32(29-20-16-27(17-21-29)25-10-4-1-5-11-25)24-33(30-14-8-3-9-15-30)36-34(35)31-22-18-28(19-23-31)26-12-6-2-7-13-26/h1-24,37H. The minimum atomic E-state index is 0.180. The zero-order valence-electron chi connectivity index (χ0n) is 20.3. The van der Waals surface area contributed by atoms with Gasteiger partial charge in [-0.25, -0.2) is 4.98 Å². The Morgan fingerprint density at radius 2 is 0.757 bits per heavy atom. The van der Waals surface area contributed by atoms with E-state index in [2.05, 4.69) is 60.7 Å². The quantitative estimate of drug-likeness (QED) is 0.270. The van der Waals surface area contributed by atoms with Gasteiger partial charge in [-0.05, 0) is 33.9 Å². The van der Waals surface area contributed by atoms with Crippen molar-refractivity contribution in [3.05, 3.63) is 146 Å². The summed E-state index contributed by atoms with van der Waals surface area (Å²) in [6.07, 6.45) is 0. The van der Waals surface area contributed by atoms with Crippen LogP contribution in [-0.2, 0) is 0 Å². The Morgan fingerprint density at radius 1 is 0.378 bits per heavy atom. The van der Waals surface area contributed by atoms with Gasteiger partial charge in [-0.15, -0.1) is 0 Å². The average molecular weight is 476 g/mol. The summed E-state index contributed by atoms with van der Waals surface area (Å²) >= 11 is 0. The Kier molecular flexibility index (Phi) is 6.06. The summed E-state index contributed by atoms with van der Waals surface area (Å²) in [6.45, 7) is 0. The van der Waals surface area contributed by atoms with Gasteiger partial charge in [0.1, 0.15) is 11.4 Å². The fraction of sp³-hybridized carbons (Fsp3) is 0. The van der Waals surface area contributed by atoms with Crippen LogP contribution in [0.3, 0.4) is 0 Å². The highest BCUT2D eigenvalue weighted by Crippen LogP contribution is 2.40. The first-order valence-corrected chi connectivity index (χ1v) is 12.4. The van der Waals surface area contributed by atoms with E-state index in [1.165, 1.54) is 0 Å². The smallest absolute Gasteiger partial charge is 0.149 e.